The Morgan fingerprint density at radius 1 is 1.06 bits per heavy atom. The maximum absolute atomic E-state index is 12.8. The van der Waals surface area contributed by atoms with Gasteiger partial charge in [-0.25, -0.2) is 13.1 Å². The predicted octanol–water partition coefficient (Wildman–Crippen LogP) is 4.12. The fraction of sp³-hybridized carbons (Fsp3) is 0.429. The standard InChI is InChI=1S/C21H24F3N3O4S/c22-21(23,24)18-8-9-20(19(14-18)27(28)29)32(30,31)25-11-4-1-5-12-26-13-10-16-6-2-3-7-17(16)15-26/h2-3,6-9,14,25H,1,4-5,10-13,15H2. The highest BCUT2D eigenvalue weighted by Crippen LogP contribution is 2.34. The molecule has 1 heterocycles. The molecule has 0 radical (unpaired) electrons. The third kappa shape index (κ3) is 6.05. The molecule has 0 amide bonds. The monoisotopic (exact) mass is 471 g/mol. The van der Waals surface area contributed by atoms with Crippen LogP contribution in [0.15, 0.2) is 47.4 Å². The van der Waals surface area contributed by atoms with E-state index in [4.69, 9.17) is 0 Å². The number of rotatable bonds is 9. The second-order valence-corrected chi connectivity index (χ2v) is 9.43. The highest BCUT2D eigenvalue weighted by Gasteiger charge is 2.35. The zero-order chi connectivity index (χ0) is 23.4. The fourth-order valence-corrected chi connectivity index (χ4v) is 4.95. The lowest BCUT2D eigenvalue weighted by molar-refractivity contribution is -0.388. The summed E-state index contributed by atoms with van der Waals surface area (Å²) >= 11 is 0. The van der Waals surface area contributed by atoms with E-state index in [0.717, 1.165) is 38.9 Å². The Kier molecular flexibility index (Phi) is 7.52. The minimum Gasteiger partial charge on any atom is -0.299 e. The van der Waals surface area contributed by atoms with Crippen molar-refractivity contribution in [2.75, 3.05) is 19.6 Å². The maximum atomic E-state index is 12.8. The first-order valence-corrected chi connectivity index (χ1v) is 11.7. The maximum Gasteiger partial charge on any atom is 0.416 e. The van der Waals surface area contributed by atoms with Crippen molar-refractivity contribution in [3.05, 3.63) is 69.3 Å². The summed E-state index contributed by atoms with van der Waals surface area (Å²) in [7, 11) is -4.31. The first-order chi connectivity index (χ1) is 15.1. The second kappa shape index (κ2) is 9.97. The summed E-state index contributed by atoms with van der Waals surface area (Å²) in [5.41, 5.74) is 0.321. The van der Waals surface area contributed by atoms with Crippen LogP contribution in [0.5, 0.6) is 0 Å². The van der Waals surface area contributed by atoms with E-state index < -0.39 is 37.3 Å². The normalized spacial score (nSPS) is 14.8. The number of nitro benzene ring substituents is 1. The molecule has 0 unspecified atom stereocenters. The average Bonchev–Trinajstić information content (AvgIpc) is 2.75. The van der Waals surface area contributed by atoms with Crippen LogP contribution < -0.4 is 4.72 Å². The number of fused-ring (bicyclic) bond motifs is 1. The molecule has 2 aromatic rings. The first-order valence-electron chi connectivity index (χ1n) is 10.2. The Balaban J connectivity index is 1.48. The summed E-state index contributed by atoms with van der Waals surface area (Å²) in [6.07, 6.45) is -1.68. The number of nitrogens with one attached hydrogen (secondary N) is 1. The summed E-state index contributed by atoms with van der Waals surface area (Å²) < 4.78 is 65.5. The first kappa shape index (κ1) is 24.1. The van der Waals surface area contributed by atoms with E-state index in [2.05, 4.69) is 21.8 Å². The van der Waals surface area contributed by atoms with Crippen molar-refractivity contribution in [3.8, 4) is 0 Å². The van der Waals surface area contributed by atoms with Gasteiger partial charge in [-0.3, -0.25) is 15.0 Å². The van der Waals surface area contributed by atoms with Crippen LogP contribution in [0.3, 0.4) is 0 Å². The minimum absolute atomic E-state index is 0.0450. The summed E-state index contributed by atoms with van der Waals surface area (Å²) in [4.78, 5) is 11.6. The second-order valence-electron chi connectivity index (χ2n) is 7.69. The van der Waals surface area contributed by atoms with Crippen LogP contribution in [-0.2, 0) is 29.2 Å². The van der Waals surface area contributed by atoms with Crippen molar-refractivity contribution in [1.29, 1.82) is 0 Å². The van der Waals surface area contributed by atoms with Gasteiger partial charge in [0.05, 0.1) is 10.5 Å². The van der Waals surface area contributed by atoms with Crippen LogP contribution in [0.1, 0.15) is 36.0 Å². The number of hydrogen-bond acceptors (Lipinski definition) is 5. The van der Waals surface area contributed by atoms with Crippen LogP contribution in [-0.4, -0.2) is 37.9 Å². The summed E-state index contributed by atoms with van der Waals surface area (Å²) in [6.45, 7) is 2.79. The van der Waals surface area contributed by atoms with Crippen LogP contribution in [0.25, 0.3) is 0 Å². The summed E-state index contributed by atoms with van der Waals surface area (Å²) in [5, 5.41) is 11.1. The highest BCUT2D eigenvalue weighted by molar-refractivity contribution is 7.89. The number of halogens is 3. The Morgan fingerprint density at radius 2 is 1.78 bits per heavy atom. The molecule has 0 atom stereocenters. The predicted molar refractivity (Wildman–Crippen MR) is 113 cm³/mol. The number of hydrogen-bond donors (Lipinski definition) is 1. The van der Waals surface area contributed by atoms with E-state index >= 15 is 0 Å². The Bertz CT molecular complexity index is 1070. The van der Waals surface area contributed by atoms with Crippen molar-refractivity contribution in [1.82, 2.24) is 9.62 Å². The summed E-state index contributed by atoms with van der Waals surface area (Å²) in [5.74, 6) is 0. The van der Waals surface area contributed by atoms with Gasteiger partial charge in [0.25, 0.3) is 5.69 Å². The quantitative estimate of drug-likeness (QED) is 0.337. The van der Waals surface area contributed by atoms with Crippen molar-refractivity contribution in [2.24, 2.45) is 0 Å². The lowest BCUT2D eigenvalue weighted by Gasteiger charge is -2.28. The molecule has 1 N–H and O–H groups in total. The van der Waals surface area contributed by atoms with Gasteiger partial charge in [-0.05, 0) is 49.1 Å². The van der Waals surface area contributed by atoms with Crippen LogP contribution in [0.2, 0.25) is 0 Å². The molecule has 32 heavy (non-hydrogen) atoms. The fourth-order valence-electron chi connectivity index (χ4n) is 3.73. The van der Waals surface area contributed by atoms with Crippen molar-refractivity contribution < 1.29 is 26.5 Å². The van der Waals surface area contributed by atoms with E-state index in [1.807, 2.05) is 12.1 Å². The molecule has 174 valence electrons. The number of nitrogens with zero attached hydrogens (tertiary/aromatic N) is 2. The third-order valence-electron chi connectivity index (χ3n) is 5.43. The number of benzene rings is 2. The van der Waals surface area contributed by atoms with E-state index in [0.29, 0.717) is 18.6 Å². The Hall–Kier alpha value is -2.50. The van der Waals surface area contributed by atoms with E-state index in [9.17, 15) is 31.7 Å². The molecule has 0 aliphatic carbocycles. The zero-order valence-corrected chi connectivity index (χ0v) is 18.1. The van der Waals surface area contributed by atoms with Crippen molar-refractivity contribution in [2.45, 2.75) is 43.3 Å². The number of sulfonamides is 1. The zero-order valence-electron chi connectivity index (χ0n) is 17.3. The minimum atomic E-state index is -4.81. The van der Waals surface area contributed by atoms with E-state index in [1.165, 1.54) is 11.1 Å². The molecular weight excluding hydrogens is 447 g/mol. The van der Waals surface area contributed by atoms with Gasteiger partial charge in [0.2, 0.25) is 10.0 Å². The average molecular weight is 472 g/mol. The number of alkyl halides is 3. The Morgan fingerprint density at radius 3 is 2.47 bits per heavy atom. The molecule has 11 heteroatoms. The SMILES string of the molecule is O=[N+]([O-])c1cc(C(F)(F)F)ccc1S(=O)(=O)NCCCCCN1CCc2ccccc2C1. The lowest BCUT2D eigenvalue weighted by Crippen LogP contribution is -2.31. The molecule has 2 aromatic carbocycles. The molecule has 1 aliphatic heterocycles. The topological polar surface area (TPSA) is 92.5 Å². The highest BCUT2D eigenvalue weighted by atomic mass is 32.2. The van der Waals surface area contributed by atoms with Gasteiger partial charge < -0.3 is 0 Å². The van der Waals surface area contributed by atoms with Gasteiger partial charge in [0.1, 0.15) is 0 Å². The molecule has 0 fully saturated rings. The largest absolute Gasteiger partial charge is 0.416 e. The van der Waals surface area contributed by atoms with Gasteiger partial charge in [-0.2, -0.15) is 13.2 Å². The van der Waals surface area contributed by atoms with E-state index in [-0.39, 0.29) is 12.6 Å². The lowest BCUT2D eigenvalue weighted by atomic mass is 10.00. The van der Waals surface area contributed by atoms with Crippen molar-refractivity contribution >= 4 is 15.7 Å². The number of nitro groups is 1. The molecule has 7 nitrogen and oxygen atoms in total. The molecule has 3 rings (SSSR count). The smallest absolute Gasteiger partial charge is 0.299 e. The van der Waals surface area contributed by atoms with Gasteiger partial charge in [0, 0.05) is 25.7 Å². The van der Waals surface area contributed by atoms with Gasteiger partial charge >= 0.3 is 6.18 Å². The molecule has 0 saturated carbocycles. The van der Waals surface area contributed by atoms with Crippen molar-refractivity contribution in [3.63, 3.8) is 0 Å². The van der Waals surface area contributed by atoms with Gasteiger partial charge in [-0.15, -0.1) is 0 Å². The van der Waals surface area contributed by atoms with Gasteiger partial charge in [0.15, 0.2) is 4.90 Å². The van der Waals surface area contributed by atoms with Crippen LogP contribution >= 0.6 is 0 Å². The molecule has 0 bridgehead atoms. The molecule has 0 spiro atoms. The number of unbranched alkanes of at least 4 members (excludes halogenated alkanes) is 2. The molecule has 0 saturated heterocycles. The third-order valence-corrected chi connectivity index (χ3v) is 6.93. The molecular formula is C21H24F3N3O4S. The van der Waals surface area contributed by atoms with Crippen LogP contribution in [0, 0.1) is 10.1 Å². The van der Waals surface area contributed by atoms with Gasteiger partial charge in [-0.1, -0.05) is 30.7 Å². The summed E-state index contributed by atoms with van der Waals surface area (Å²) in [6, 6.07) is 9.71. The molecule has 0 aromatic heterocycles. The Labute approximate surface area is 184 Å². The van der Waals surface area contributed by atoms with E-state index in [1.54, 1.807) is 0 Å². The molecule has 1 aliphatic rings. The van der Waals surface area contributed by atoms with Crippen LogP contribution in [0.4, 0.5) is 18.9 Å².